The molecular formula is C13H24N4OS. The molecule has 1 aromatic rings. The van der Waals surface area contributed by atoms with Gasteiger partial charge in [-0.05, 0) is 6.92 Å². The maximum absolute atomic E-state index is 11.5. The molecule has 19 heavy (non-hydrogen) atoms. The minimum atomic E-state index is -0.639. The standard InChI is InChI=1S/C13H24N4OS/c1-10(2)14-9-12-11(3)15-16(4)13(12)17-5-7-19(18)8-6-17/h10,14H,5-9H2,1-4H3. The zero-order chi connectivity index (χ0) is 14.0. The highest BCUT2D eigenvalue weighted by Crippen LogP contribution is 2.24. The van der Waals surface area contributed by atoms with Crippen LogP contribution in [0, 0.1) is 6.92 Å². The van der Waals surface area contributed by atoms with Gasteiger partial charge in [0.25, 0.3) is 0 Å². The first-order chi connectivity index (χ1) is 8.99. The van der Waals surface area contributed by atoms with Gasteiger partial charge in [0.2, 0.25) is 0 Å². The van der Waals surface area contributed by atoms with E-state index in [1.54, 1.807) is 0 Å². The zero-order valence-electron chi connectivity index (χ0n) is 12.3. The average Bonchev–Trinajstić information content (AvgIpc) is 2.62. The van der Waals surface area contributed by atoms with Crippen molar-refractivity contribution in [3.05, 3.63) is 11.3 Å². The summed E-state index contributed by atoms with van der Waals surface area (Å²) in [6.07, 6.45) is 0. The second-order valence-corrected chi connectivity index (χ2v) is 7.08. The van der Waals surface area contributed by atoms with Gasteiger partial charge < -0.3 is 10.2 Å². The summed E-state index contributed by atoms with van der Waals surface area (Å²) in [6, 6.07) is 0.460. The third kappa shape index (κ3) is 3.36. The van der Waals surface area contributed by atoms with Crippen LogP contribution in [0.1, 0.15) is 25.1 Å². The molecule has 1 aliphatic heterocycles. The van der Waals surface area contributed by atoms with Crippen LogP contribution in [-0.4, -0.2) is 44.6 Å². The summed E-state index contributed by atoms with van der Waals surface area (Å²) in [7, 11) is 1.35. The van der Waals surface area contributed by atoms with Gasteiger partial charge in [0.15, 0.2) is 0 Å². The maximum atomic E-state index is 11.5. The first-order valence-electron chi connectivity index (χ1n) is 6.84. The Labute approximate surface area is 117 Å². The lowest BCUT2D eigenvalue weighted by Crippen LogP contribution is -2.39. The number of aryl methyl sites for hydroxylation is 2. The van der Waals surface area contributed by atoms with Crippen molar-refractivity contribution in [3.8, 4) is 0 Å². The summed E-state index contributed by atoms with van der Waals surface area (Å²) in [6.45, 7) is 8.92. The van der Waals surface area contributed by atoms with Crippen molar-refractivity contribution in [2.24, 2.45) is 7.05 Å². The van der Waals surface area contributed by atoms with E-state index in [1.807, 2.05) is 11.7 Å². The summed E-state index contributed by atoms with van der Waals surface area (Å²) < 4.78 is 13.4. The molecule has 1 saturated heterocycles. The van der Waals surface area contributed by atoms with Crippen molar-refractivity contribution in [1.29, 1.82) is 0 Å². The van der Waals surface area contributed by atoms with Crippen molar-refractivity contribution >= 4 is 16.6 Å². The minimum Gasteiger partial charge on any atom is -0.355 e. The van der Waals surface area contributed by atoms with Gasteiger partial charge in [0, 0.05) is 60.6 Å². The predicted molar refractivity (Wildman–Crippen MR) is 80.0 cm³/mol. The van der Waals surface area contributed by atoms with Crippen molar-refractivity contribution in [2.75, 3.05) is 29.5 Å². The highest BCUT2D eigenvalue weighted by atomic mass is 32.2. The molecule has 0 aliphatic carbocycles. The highest BCUT2D eigenvalue weighted by Gasteiger charge is 2.23. The zero-order valence-corrected chi connectivity index (χ0v) is 13.1. The molecule has 2 rings (SSSR count). The van der Waals surface area contributed by atoms with Crippen LogP contribution in [0.15, 0.2) is 0 Å². The van der Waals surface area contributed by atoms with Crippen LogP contribution in [0.4, 0.5) is 5.82 Å². The molecule has 0 amide bonds. The van der Waals surface area contributed by atoms with Gasteiger partial charge in [-0.15, -0.1) is 0 Å². The topological polar surface area (TPSA) is 50.2 Å². The molecule has 5 nitrogen and oxygen atoms in total. The lowest BCUT2D eigenvalue weighted by Gasteiger charge is -2.29. The molecule has 0 radical (unpaired) electrons. The average molecular weight is 284 g/mol. The van der Waals surface area contributed by atoms with Gasteiger partial charge in [-0.25, -0.2) is 0 Å². The summed E-state index contributed by atoms with van der Waals surface area (Å²) in [5, 5.41) is 8.01. The lowest BCUT2D eigenvalue weighted by molar-refractivity contribution is 0.586. The summed E-state index contributed by atoms with van der Waals surface area (Å²) >= 11 is 0. The Balaban J connectivity index is 2.20. The van der Waals surface area contributed by atoms with E-state index >= 15 is 0 Å². The van der Waals surface area contributed by atoms with Crippen molar-refractivity contribution in [2.45, 2.75) is 33.4 Å². The first kappa shape index (κ1) is 14.5. The number of anilines is 1. The third-order valence-electron chi connectivity index (χ3n) is 3.48. The molecule has 1 aliphatic rings. The second kappa shape index (κ2) is 6.05. The van der Waals surface area contributed by atoms with E-state index in [0.717, 1.165) is 36.8 Å². The first-order valence-corrected chi connectivity index (χ1v) is 8.33. The predicted octanol–water partition coefficient (Wildman–Crippen LogP) is 0.795. The Kier molecular flexibility index (Phi) is 4.62. The molecule has 0 saturated carbocycles. The minimum absolute atomic E-state index is 0.460. The van der Waals surface area contributed by atoms with E-state index < -0.39 is 10.8 Å². The maximum Gasteiger partial charge on any atom is 0.131 e. The molecule has 1 aromatic heterocycles. The van der Waals surface area contributed by atoms with Gasteiger partial charge in [-0.2, -0.15) is 5.10 Å². The molecule has 2 heterocycles. The Morgan fingerprint density at radius 1 is 1.37 bits per heavy atom. The van der Waals surface area contributed by atoms with Crippen LogP contribution < -0.4 is 10.2 Å². The van der Waals surface area contributed by atoms with E-state index in [2.05, 4.69) is 36.1 Å². The van der Waals surface area contributed by atoms with Crippen LogP contribution in [0.3, 0.4) is 0 Å². The number of hydrogen-bond donors (Lipinski definition) is 1. The number of rotatable bonds is 4. The number of aromatic nitrogens is 2. The Morgan fingerprint density at radius 2 is 2.00 bits per heavy atom. The SMILES string of the molecule is Cc1nn(C)c(N2CCS(=O)CC2)c1CNC(C)C. The molecule has 0 aromatic carbocycles. The summed E-state index contributed by atoms with van der Waals surface area (Å²) in [5.74, 6) is 2.71. The van der Waals surface area contributed by atoms with Crippen LogP contribution in [-0.2, 0) is 24.4 Å². The van der Waals surface area contributed by atoms with Crippen molar-refractivity contribution in [3.63, 3.8) is 0 Å². The normalized spacial score (nSPS) is 17.4. The van der Waals surface area contributed by atoms with Crippen molar-refractivity contribution < 1.29 is 4.21 Å². The lowest BCUT2D eigenvalue weighted by atomic mass is 10.2. The largest absolute Gasteiger partial charge is 0.355 e. The quantitative estimate of drug-likeness (QED) is 0.888. The van der Waals surface area contributed by atoms with Crippen LogP contribution in [0.2, 0.25) is 0 Å². The Hall–Kier alpha value is -0.880. The smallest absolute Gasteiger partial charge is 0.131 e. The van der Waals surface area contributed by atoms with E-state index in [9.17, 15) is 4.21 Å². The highest BCUT2D eigenvalue weighted by molar-refractivity contribution is 7.85. The molecule has 1 fully saturated rings. The summed E-state index contributed by atoms with van der Waals surface area (Å²) in [4.78, 5) is 2.32. The molecule has 1 N–H and O–H groups in total. The van der Waals surface area contributed by atoms with Gasteiger partial charge in [0.05, 0.1) is 5.69 Å². The molecule has 6 heteroatoms. The van der Waals surface area contributed by atoms with E-state index in [0.29, 0.717) is 6.04 Å². The van der Waals surface area contributed by atoms with Crippen molar-refractivity contribution in [1.82, 2.24) is 15.1 Å². The fourth-order valence-electron chi connectivity index (χ4n) is 2.45. The molecule has 0 spiro atoms. The van der Waals surface area contributed by atoms with Gasteiger partial charge in [-0.3, -0.25) is 8.89 Å². The van der Waals surface area contributed by atoms with Crippen LogP contribution >= 0.6 is 0 Å². The van der Waals surface area contributed by atoms with Gasteiger partial charge in [-0.1, -0.05) is 13.8 Å². The number of nitrogens with one attached hydrogen (secondary N) is 1. The number of hydrogen-bond acceptors (Lipinski definition) is 4. The fourth-order valence-corrected chi connectivity index (χ4v) is 3.50. The summed E-state index contributed by atoms with van der Waals surface area (Å²) in [5.41, 5.74) is 2.35. The monoisotopic (exact) mass is 284 g/mol. The van der Waals surface area contributed by atoms with Crippen LogP contribution in [0.5, 0.6) is 0 Å². The van der Waals surface area contributed by atoms with E-state index in [-0.39, 0.29) is 0 Å². The molecule has 0 bridgehead atoms. The molecule has 108 valence electrons. The van der Waals surface area contributed by atoms with Gasteiger partial charge >= 0.3 is 0 Å². The number of nitrogens with zero attached hydrogens (tertiary/aromatic N) is 3. The molecule has 0 atom stereocenters. The van der Waals surface area contributed by atoms with Gasteiger partial charge in [0.1, 0.15) is 5.82 Å². The Bertz CT molecular complexity index is 459. The van der Waals surface area contributed by atoms with Crippen LogP contribution in [0.25, 0.3) is 0 Å². The Morgan fingerprint density at radius 3 is 2.58 bits per heavy atom. The van der Waals surface area contributed by atoms with E-state index in [4.69, 9.17) is 0 Å². The fraction of sp³-hybridized carbons (Fsp3) is 0.769. The second-order valence-electron chi connectivity index (χ2n) is 5.38. The molecule has 0 unspecified atom stereocenters. The molecular weight excluding hydrogens is 260 g/mol. The van der Waals surface area contributed by atoms with E-state index in [1.165, 1.54) is 11.4 Å². The third-order valence-corrected chi connectivity index (χ3v) is 4.75.